The molecule has 1 amide bonds. The Balaban J connectivity index is 1.66. The highest BCUT2D eigenvalue weighted by atomic mass is 35.5. The molecule has 0 aliphatic carbocycles. The highest BCUT2D eigenvalue weighted by Gasteiger charge is 2.07. The maximum atomic E-state index is 11.9. The van der Waals surface area contributed by atoms with Crippen molar-refractivity contribution in [2.24, 2.45) is 0 Å². The minimum absolute atomic E-state index is 0.230. The number of halogens is 1. The van der Waals surface area contributed by atoms with E-state index >= 15 is 0 Å². The molecule has 22 heavy (non-hydrogen) atoms. The quantitative estimate of drug-likeness (QED) is 0.661. The number of carbonyl (C=O) groups is 1. The standard InChI is InChI=1S/C16H11ClN2OS2/c17-12-5-2-1-4-11(12)7-8-15(20)19-16-18-13(10-22-16)14-6-3-9-21-14/h1-10H,(H,18,19,20). The van der Waals surface area contributed by atoms with Gasteiger partial charge in [-0.15, -0.1) is 22.7 Å². The molecule has 110 valence electrons. The molecule has 0 saturated carbocycles. The van der Waals surface area contributed by atoms with Gasteiger partial charge in [-0.3, -0.25) is 10.1 Å². The van der Waals surface area contributed by atoms with Crippen LogP contribution < -0.4 is 5.32 Å². The molecule has 0 bridgehead atoms. The van der Waals surface area contributed by atoms with Crippen LogP contribution >= 0.6 is 34.3 Å². The molecule has 6 heteroatoms. The van der Waals surface area contributed by atoms with Gasteiger partial charge in [0.2, 0.25) is 5.91 Å². The number of thiophene rings is 1. The van der Waals surface area contributed by atoms with Gasteiger partial charge >= 0.3 is 0 Å². The van der Waals surface area contributed by atoms with Gasteiger partial charge in [0.05, 0.1) is 10.6 Å². The molecule has 3 nitrogen and oxygen atoms in total. The van der Waals surface area contributed by atoms with Crippen LogP contribution in [0.1, 0.15) is 5.56 Å². The van der Waals surface area contributed by atoms with E-state index in [2.05, 4.69) is 10.3 Å². The molecule has 2 heterocycles. The SMILES string of the molecule is O=C(C=Cc1ccccc1Cl)Nc1nc(-c2cccs2)cs1. The smallest absolute Gasteiger partial charge is 0.250 e. The number of nitrogens with one attached hydrogen (secondary N) is 1. The van der Waals surface area contributed by atoms with Crippen molar-refractivity contribution in [3.63, 3.8) is 0 Å². The van der Waals surface area contributed by atoms with Gasteiger partial charge in [-0.05, 0) is 29.2 Å². The van der Waals surface area contributed by atoms with Crippen molar-refractivity contribution in [1.82, 2.24) is 4.98 Å². The first-order valence-corrected chi connectivity index (χ1v) is 8.59. The number of rotatable bonds is 4. The Kier molecular flexibility index (Phi) is 4.68. The summed E-state index contributed by atoms with van der Waals surface area (Å²) in [6.07, 6.45) is 3.14. The lowest BCUT2D eigenvalue weighted by molar-refractivity contribution is -0.111. The van der Waals surface area contributed by atoms with E-state index in [1.807, 2.05) is 41.1 Å². The summed E-state index contributed by atoms with van der Waals surface area (Å²) in [5.41, 5.74) is 1.68. The van der Waals surface area contributed by atoms with Crippen molar-refractivity contribution in [2.45, 2.75) is 0 Å². The number of amides is 1. The first-order chi connectivity index (χ1) is 10.7. The van der Waals surface area contributed by atoms with E-state index in [4.69, 9.17) is 11.6 Å². The Bertz CT molecular complexity index is 809. The molecule has 0 atom stereocenters. The molecule has 0 aliphatic rings. The molecule has 0 radical (unpaired) electrons. The summed E-state index contributed by atoms with van der Waals surface area (Å²) in [6, 6.07) is 11.3. The normalized spacial score (nSPS) is 11.0. The molecule has 0 unspecified atom stereocenters. The molecule has 0 saturated heterocycles. The molecule has 0 aliphatic heterocycles. The summed E-state index contributed by atoms with van der Waals surface area (Å²) in [4.78, 5) is 17.4. The average Bonchev–Trinajstić information content (AvgIpc) is 3.17. The fourth-order valence-corrected chi connectivity index (χ4v) is 3.46. The number of hydrogen-bond donors (Lipinski definition) is 1. The summed E-state index contributed by atoms with van der Waals surface area (Å²) < 4.78 is 0. The molecular formula is C16H11ClN2OS2. The molecule has 0 fully saturated rings. The van der Waals surface area contributed by atoms with Crippen molar-refractivity contribution >= 4 is 51.4 Å². The minimum Gasteiger partial charge on any atom is -0.298 e. The van der Waals surface area contributed by atoms with Crippen molar-refractivity contribution in [2.75, 3.05) is 5.32 Å². The number of benzene rings is 1. The third kappa shape index (κ3) is 3.62. The van der Waals surface area contributed by atoms with Crippen molar-refractivity contribution in [3.8, 4) is 10.6 Å². The van der Waals surface area contributed by atoms with Crippen molar-refractivity contribution in [1.29, 1.82) is 0 Å². The van der Waals surface area contributed by atoms with E-state index in [-0.39, 0.29) is 5.91 Å². The first kappa shape index (κ1) is 15.0. The van der Waals surface area contributed by atoms with E-state index in [9.17, 15) is 4.79 Å². The fraction of sp³-hybridized carbons (Fsp3) is 0. The van der Waals surface area contributed by atoms with Crippen LogP contribution in [0.4, 0.5) is 5.13 Å². The van der Waals surface area contributed by atoms with Crippen LogP contribution in [0.15, 0.2) is 53.2 Å². The van der Waals surface area contributed by atoms with Crippen LogP contribution in [-0.4, -0.2) is 10.9 Å². The van der Waals surface area contributed by atoms with Gasteiger partial charge in [0.15, 0.2) is 5.13 Å². The molecule has 3 aromatic rings. The second-order valence-electron chi connectivity index (χ2n) is 4.36. The Morgan fingerprint density at radius 1 is 1.18 bits per heavy atom. The summed E-state index contributed by atoms with van der Waals surface area (Å²) in [6.45, 7) is 0. The zero-order chi connectivity index (χ0) is 15.4. The maximum Gasteiger partial charge on any atom is 0.250 e. The van der Waals surface area contributed by atoms with Crippen LogP contribution in [0.25, 0.3) is 16.6 Å². The number of thiazole rings is 1. The Morgan fingerprint density at radius 2 is 2.05 bits per heavy atom. The van der Waals surface area contributed by atoms with Crippen molar-refractivity contribution < 1.29 is 4.79 Å². The topological polar surface area (TPSA) is 42.0 Å². The van der Waals surface area contributed by atoms with E-state index in [0.29, 0.717) is 10.2 Å². The fourth-order valence-electron chi connectivity index (χ4n) is 1.79. The van der Waals surface area contributed by atoms with Crippen LogP contribution in [0.2, 0.25) is 5.02 Å². The molecular weight excluding hydrogens is 336 g/mol. The predicted molar refractivity (Wildman–Crippen MR) is 94.5 cm³/mol. The van der Waals surface area contributed by atoms with Gasteiger partial charge in [0.1, 0.15) is 0 Å². The van der Waals surface area contributed by atoms with Crippen LogP contribution in [-0.2, 0) is 4.79 Å². The summed E-state index contributed by atoms with van der Waals surface area (Å²) >= 11 is 9.06. The predicted octanol–water partition coefficient (Wildman–Crippen LogP) is 5.18. The van der Waals surface area contributed by atoms with Gasteiger partial charge in [-0.25, -0.2) is 4.98 Å². The minimum atomic E-state index is -0.230. The average molecular weight is 347 g/mol. The van der Waals surface area contributed by atoms with Gasteiger partial charge in [-0.2, -0.15) is 0 Å². The number of hydrogen-bond acceptors (Lipinski definition) is 4. The number of nitrogens with zero attached hydrogens (tertiary/aromatic N) is 1. The monoisotopic (exact) mass is 346 g/mol. The van der Waals surface area contributed by atoms with E-state index in [1.165, 1.54) is 17.4 Å². The molecule has 1 N–H and O–H groups in total. The summed E-state index contributed by atoms with van der Waals surface area (Å²) in [5, 5.41) is 7.88. The van der Waals surface area contributed by atoms with Gasteiger partial charge < -0.3 is 0 Å². The van der Waals surface area contributed by atoms with E-state index < -0.39 is 0 Å². The highest BCUT2D eigenvalue weighted by molar-refractivity contribution is 7.16. The van der Waals surface area contributed by atoms with E-state index in [0.717, 1.165) is 16.1 Å². The third-order valence-electron chi connectivity index (χ3n) is 2.83. The Labute approximate surface area is 140 Å². The lowest BCUT2D eigenvalue weighted by Gasteiger charge is -1.98. The first-order valence-electron chi connectivity index (χ1n) is 6.45. The van der Waals surface area contributed by atoms with Crippen LogP contribution in [0, 0.1) is 0 Å². The zero-order valence-electron chi connectivity index (χ0n) is 11.3. The number of anilines is 1. The third-order valence-corrected chi connectivity index (χ3v) is 4.82. The largest absolute Gasteiger partial charge is 0.298 e. The second kappa shape index (κ2) is 6.87. The molecule has 0 spiro atoms. The van der Waals surface area contributed by atoms with Gasteiger partial charge in [-0.1, -0.05) is 35.9 Å². The van der Waals surface area contributed by atoms with Gasteiger partial charge in [0, 0.05) is 16.5 Å². The van der Waals surface area contributed by atoms with Crippen molar-refractivity contribution in [3.05, 3.63) is 63.8 Å². The van der Waals surface area contributed by atoms with Crippen LogP contribution in [0.5, 0.6) is 0 Å². The van der Waals surface area contributed by atoms with Crippen LogP contribution in [0.3, 0.4) is 0 Å². The lowest BCUT2D eigenvalue weighted by Crippen LogP contribution is -2.07. The zero-order valence-corrected chi connectivity index (χ0v) is 13.7. The summed E-state index contributed by atoms with van der Waals surface area (Å²) in [5.74, 6) is -0.230. The maximum absolute atomic E-state index is 11.9. The second-order valence-corrected chi connectivity index (χ2v) is 6.57. The summed E-state index contributed by atoms with van der Waals surface area (Å²) in [7, 11) is 0. The van der Waals surface area contributed by atoms with Gasteiger partial charge in [0.25, 0.3) is 0 Å². The highest BCUT2D eigenvalue weighted by Crippen LogP contribution is 2.28. The number of carbonyl (C=O) groups excluding carboxylic acids is 1. The molecule has 3 rings (SSSR count). The molecule has 1 aromatic carbocycles. The lowest BCUT2D eigenvalue weighted by atomic mass is 10.2. The Morgan fingerprint density at radius 3 is 2.82 bits per heavy atom. The van der Waals surface area contributed by atoms with E-state index in [1.54, 1.807) is 23.5 Å². The molecule has 2 aromatic heterocycles. The Hall–Kier alpha value is -1.95. The number of aromatic nitrogens is 1.